The average molecular weight is 206 g/mol. The van der Waals surface area contributed by atoms with Gasteiger partial charge in [-0.3, -0.25) is 4.98 Å². The van der Waals surface area contributed by atoms with Gasteiger partial charge in [0.15, 0.2) is 0 Å². The minimum Gasteiger partial charge on any atom is -0.355 e. The summed E-state index contributed by atoms with van der Waals surface area (Å²) in [5.41, 5.74) is 6.42. The predicted molar refractivity (Wildman–Crippen MR) is 60.5 cm³/mol. The molecule has 1 saturated heterocycles. The second-order valence-electron chi connectivity index (χ2n) is 4.08. The topological polar surface area (TPSA) is 55.0 Å². The molecule has 1 aliphatic heterocycles. The molecule has 15 heavy (non-hydrogen) atoms. The van der Waals surface area contributed by atoms with Crippen molar-refractivity contribution >= 4 is 5.82 Å². The van der Waals surface area contributed by atoms with Crippen molar-refractivity contribution in [3.63, 3.8) is 0 Å². The number of hydrogen-bond acceptors (Lipinski definition) is 4. The standard InChI is InChI=1S/C11H18N4/c1-2-9-3-4-15(8-9)11-7-13-6-10(5-12)14-11/h6-7,9H,2-5,8,12H2,1H3. The van der Waals surface area contributed by atoms with Gasteiger partial charge in [-0.15, -0.1) is 0 Å². The van der Waals surface area contributed by atoms with Crippen LogP contribution in [0.2, 0.25) is 0 Å². The summed E-state index contributed by atoms with van der Waals surface area (Å²) in [7, 11) is 0. The predicted octanol–water partition coefficient (Wildman–Crippen LogP) is 1.17. The molecule has 0 bridgehead atoms. The Morgan fingerprint density at radius 1 is 1.53 bits per heavy atom. The van der Waals surface area contributed by atoms with Crippen LogP contribution < -0.4 is 10.6 Å². The van der Waals surface area contributed by atoms with Crippen molar-refractivity contribution in [2.24, 2.45) is 11.7 Å². The first-order valence-corrected chi connectivity index (χ1v) is 5.59. The third-order valence-electron chi connectivity index (χ3n) is 3.07. The molecular weight excluding hydrogens is 188 g/mol. The van der Waals surface area contributed by atoms with E-state index >= 15 is 0 Å². The van der Waals surface area contributed by atoms with Gasteiger partial charge in [-0.25, -0.2) is 4.98 Å². The second-order valence-corrected chi connectivity index (χ2v) is 4.08. The summed E-state index contributed by atoms with van der Waals surface area (Å²) in [6.45, 7) is 4.92. The molecule has 2 rings (SSSR count). The highest BCUT2D eigenvalue weighted by Gasteiger charge is 2.22. The fourth-order valence-corrected chi connectivity index (χ4v) is 2.02. The Balaban J connectivity index is 2.09. The van der Waals surface area contributed by atoms with Crippen LogP contribution in [0.15, 0.2) is 12.4 Å². The third kappa shape index (κ3) is 2.26. The van der Waals surface area contributed by atoms with Crippen LogP contribution in [0.25, 0.3) is 0 Å². The van der Waals surface area contributed by atoms with E-state index in [-0.39, 0.29) is 0 Å². The molecular formula is C11H18N4. The molecule has 82 valence electrons. The third-order valence-corrected chi connectivity index (χ3v) is 3.07. The van der Waals surface area contributed by atoms with Gasteiger partial charge in [0, 0.05) is 25.8 Å². The Morgan fingerprint density at radius 2 is 2.40 bits per heavy atom. The molecule has 1 aromatic heterocycles. The van der Waals surface area contributed by atoms with Crippen molar-refractivity contribution < 1.29 is 0 Å². The number of rotatable bonds is 3. The molecule has 4 nitrogen and oxygen atoms in total. The van der Waals surface area contributed by atoms with Gasteiger partial charge in [0.25, 0.3) is 0 Å². The summed E-state index contributed by atoms with van der Waals surface area (Å²) < 4.78 is 0. The molecule has 0 aliphatic carbocycles. The van der Waals surface area contributed by atoms with Gasteiger partial charge in [0.2, 0.25) is 0 Å². The van der Waals surface area contributed by atoms with Crippen LogP contribution in [0.3, 0.4) is 0 Å². The second kappa shape index (κ2) is 4.57. The first kappa shape index (κ1) is 10.4. The smallest absolute Gasteiger partial charge is 0.147 e. The van der Waals surface area contributed by atoms with Gasteiger partial charge >= 0.3 is 0 Å². The Labute approximate surface area is 90.5 Å². The lowest BCUT2D eigenvalue weighted by Crippen LogP contribution is -2.21. The van der Waals surface area contributed by atoms with Gasteiger partial charge in [-0.05, 0) is 12.3 Å². The van der Waals surface area contributed by atoms with Crippen molar-refractivity contribution in [1.29, 1.82) is 0 Å². The Bertz CT molecular complexity index is 326. The van der Waals surface area contributed by atoms with Crippen LogP contribution in [0, 0.1) is 5.92 Å². The largest absolute Gasteiger partial charge is 0.355 e. The number of anilines is 1. The Hall–Kier alpha value is -1.16. The highest BCUT2D eigenvalue weighted by Crippen LogP contribution is 2.23. The van der Waals surface area contributed by atoms with Gasteiger partial charge in [0.1, 0.15) is 5.82 Å². The molecule has 0 spiro atoms. The van der Waals surface area contributed by atoms with Crippen LogP contribution in [-0.2, 0) is 6.54 Å². The zero-order valence-electron chi connectivity index (χ0n) is 9.19. The van der Waals surface area contributed by atoms with Crippen molar-refractivity contribution in [2.75, 3.05) is 18.0 Å². The van der Waals surface area contributed by atoms with Crippen LogP contribution in [0.5, 0.6) is 0 Å². The monoisotopic (exact) mass is 206 g/mol. The molecule has 0 radical (unpaired) electrons. The molecule has 1 atom stereocenters. The SMILES string of the molecule is CCC1CCN(c2cncc(CN)n2)C1. The van der Waals surface area contributed by atoms with Crippen molar-refractivity contribution in [2.45, 2.75) is 26.3 Å². The molecule has 0 amide bonds. The van der Waals surface area contributed by atoms with Crippen molar-refractivity contribution in [3.8, 4) is 0 Å². The van der Waals surface area contributed by atoms with E-state index in [0.717, 1.165) is 30.5 Å². The lowest BCUT2D eigenvalue weighted by Gasteiger charge is -2.17. The molecule has 0 saturated carbocycles. The number of aromatic nitrogens is 2. The highest BCUT2D eigenvalue weighted by molar-refractivity contribution is 5.37. The summed E-state index contributed by atoms with van der Waals surface area (Å²) in [4.78, 5) is 11.0. The molecule has 2 N–H and O–H groups in total. The lowest BCUT2D eigenvalue weighted by atomic mass is 10.1. The fourth-order valence-electron chi connectivity index (χ4n) is 2.02. The van der Waals surface area contributed by atoms with E-state index in [1.165, 1.54) is 12.8 Å². The summed E-state index contributed by atoms with van der Waals surface area (Å²) in [6.07, 6.45) is 6.08. The van der Waals surface area contributed by atoms with Crippen molar-refractivity contribution in [3.05, 3.63) is 18.1 Å². The van der Waals surface area contributed by atoms with E-state index < -0.39 is 0 Å². The van der Waals surface area contributed by atoms with Crippen LogP contribution >= 0.6 is 0 Å². The van der Waals surface area contributed by atoms with Crippen LogP contribution in [0.4, 0.5) is 5.82 Å². The molecule has 4 heteroatoms. The molecule has 1 unspecified atom stereocenters. The molecule has 1 fully saturated rings. The van der Waals surface area contributed by atoms with Gasteiger partial charge in [-0.1, -0.05) is 13.3 Å². The van der Waals surface area contributed by atoms with Gasteiger partial charge < -0.3 is 10.6 Å². The van der Waals surface area contributed by atoms with E-state index in [9.17, 15) is 0 Å². The number of nitrogens with zero attached hydrogens (tertiary/aromatic N) is 3. The molecule has 1 aliphatic rings. The highest BCUT2D eigenvalue weighted by atomic mass is 15.2. The summed E-state index contributed by atoms with van der Waals surface area (Å²) in [5, 5.41) is 0. The zero-order valence-corrected chi connectivity index (χ0v) is 9.19. The van der Waals surface area contributed by atoms with Gasteiger partial charge in [-0.2, -0.15) is 0 Å². The summed E-state index contributed by atoms with van der Waals surface area (Å²) >= 11 is 0. The Kier molecular flexibility index (Phi) is 3.16. The van der Waals surface area contributed by atoms with E-state index in [2.05, 4.69) is 21.8 Å². The maximum atomic E-state index is 5.55. The number of hydrogen-bond donors (Lipinski definition) is 1. The van der Waals surface area contributed by atoms with E-state index in [4.69, 9.17) is 5.73 Å². The minimum atomic E-state index is 0.464. The summed E-state index contributed by atoms with van der Waals surface area (Å²) in [5.74, 6) is 1.79. The first-order chi connectivity index (χ1) is 7.33. The van der Waals surface area contributed by atoms with E-state index in [1.54, 1.807) is 6.20 Å². The zero-order chi connectivity index (χ0) is 10.7. The van der Waals surface area contributed by atoms with Gasteiger partial charge in [0.05, 0.1) is 11.9 Å². The van der Waals surface area contributed by atoms with Crippen molar-refractivity contribution in [1.82, 2.24) is 9.97 Å². The normalized spacial score (nSPS) is 20.9. The lowest BCUT2D eigenvalue weighted by molar-refractivity contribution is 0.568. The maximum Gasteiger partial charge on any atom is 0.147 e. The molecule has 0 aromatic carbocycles. The molecule has 1 aromatic rings. The average Bonchev–Trinajstić information content (AvgIpc) is 2.78. The van der Waals surface area contributed by atoms with Crippen LogP contribution in [0.1, 0.15) is 25.5 Å². The number of nitrogens with two attached hydrogens (primary N) is 1. The summed E-state index contributed by atoms with van der Waals surface area (Å²) in [6, 6.07) is 0. The quantitative estimate of drug-likeness (QED) is 0.806. The molecule has 2 heterocycles. The Morgan fingerprint density at radius 3 is 3.07 bits per heavy atom. The minimum absolute atomic E-state index is 0.464. The fraction of sp³-hybridized carbons (Fsp3) is 0.636. The van der Waals surface area contributed by atoms with Crippen LogP contribution in [-0.4, -0.2) is 23.1 Å². The first-order valence-electron chi connectivity index (χ1n) is 5.59. The maximum absolute atomic E-state index is 5.55. The van der Waals surface area contributed by atoms with E-state index in [1.807, 2.05) is 6.20 Å². The van der Waals surface area contributed by atoms with E-state index in [0.29, 0.717) is 6.54 Å².